The van der Waals surface area contributed by atoms with Crippen LogP contribution in [0.15, 0.2) is 84.6 Å². The van der Waals surface area contributed by atoms with Gasteiger partial charge >= 0.3 is 0 Å². The first-order valence-corrected chi connectivity index (χ1v) is 14.9. The number of allylic oxidation sites excluding steroid dienone is 2. The summed E-state index contributed by atoms with van der Waals surface area (Å²) >= 11 is 1.68. The number of thiazole rings is 1. The summed E-state index contributed by atoms with van der Waals surface area (Å²) in [4.78, 5) is 4.51. The number of nitrogens with one attached hydrogen (secondary N) is 1. The van der Waals surface area contributed by atoms with Gasteiger partial charge in [0, 0.05) is 43.9 Å². The number of hydrogen-bond donors (Lipinski definition) is 2. The van der Waals surface area contributed by atoms with Crippen LogP contribution in [-0.2, 0) is 16.7 Å². The zero-order valence-electron chi connectivity index (χ0n) is 21.2. The number of aryl methyl sites for hydroxylation is 1. The molecule has 2 aliphatic rings. The molecule has 0 amide bonds. The third kappa shape index (κ3) is 4.47. The van der Waals surface area contributed by atoms with Gasteiger partial charge in [-0.2, -0.15) is 13.0 Å². The second kappa shape index (κ2) is 9.58. The van der Waals surface area contributed by atoms with E-state index >= 15 is 0 Å². The van der Waals surface area contributed by atoms with E-state index in [1.807, 2.05) is 18.2 Å². The highest BCUT2D eigenvalue weighted by molar-refractivity contribution is 7.85. The van der Waals surface area contributed by atoms with E-state index in [-0.39, 0.29) is 11.9 Å². The molecule has 194 valence electrons. The molecule has 38 heavy (non-hydrogen) atoms. The second-order valence-electron chi connectivity index (χ2n) is 9.62. The Morgan fingerprint density at radius 1 is 1.00 bits per heavy atom. The number of rotatable bonds is 6. The number of aromatic nitrogens is 1. The van der Waals surface area contributed by atoms with Crippen LogP contribution in [0.3, 0.4) is 0 Å². The van der Waals surface area contributed by atoms with Gasteiger partial charge in [0.2, 0.25) is 5.52 Å². The lowest BCUT2D eigenvalue weighted by molar-refractivity contribution is -0.668. The van der Waals surface area contributed by atoms with Crippen LogP contribution in [0.25, 0.3) is 21.9 Å². The number of hydrogen-bond acceptors (Lipinski definition) is 6. The normalized spacial score (nSPS) is 17.9. The number of fused-ring (bicyclic) bond motifs is 3. The minimum Gasteiger partial charge on any atom is -0.359 e. The molecule has 0 saturated heterocycles. The number of benzene rings is 3. The highest BCUT2D eigenvalue weighted by atomic mass is 32.2. The van der Waals surface area contributed by atoms with Crippen LogP contribution in [0.2, 0.25) is 0 Å². The van der Waals surface area contributed by atoms with E-state index in [0.717, 1.165) is 49.1 Å². The lowest BCUT2D eigenvalue weighted by Crippen LogP contribution is -2.41. The summed E-state index contributed by atoms with van der Waals surface area (Å²) in [7, 11) is 0.201. The third-order valence-corrected chi connectivity index (χ3v) is 9.13. The molecule has 0 saturated carbocycles. The summed E-state index contributed by atoms with van der Waals surface area (Å²) in [5.41, 5.74) is 7.82. The Morgan fingerprint density at radius 2 is 1.71 bits per heavy atom. The van der Waals surface area contributed by atoms with Crippen LogP contribution in [0.1, 0.15) is 17.0 Å². The van der Waals surface area contributed by atoms with Gasteiger partial charge in [-0.25, -0.2) is 0 Å². The molecule has 0 fully saturated rings. The molecule has 0 aliphatic carbocycles. The maximum absolute atomic E-state index is 11.4. The second-order valence-corrected chi connectivity index (χ2v) is 12.3. The van der Waals surface area contributed by atoms with Gasteiger partial charge in [-0.3, -0.25) is 4.55 Å². The van der Waals surface area contributed by atoms with E-state index < -0.39 is 10.1 Å². The van der Waals surface area contributed by atoms with Gasteiger partial charge in [-0.15, -0.1) is 0 Å². The first-order valence-electron chi connectivity index (χ1n) is 12.5. The maximum Gasteiger partial charge on any atom is 0.265 e. The Kier molecular flexibility index (Phi) is 6.22. The quantitative estimate of drug-likeness (QED) is 0.255. The maximum atomic E-state index is 11.4. The Balaban J connectivity index is 1.45. The molecule has 6 rings (SSSR count). The number of likely N-dealkylation sites (N-methyl/N-ethyl adjacent to an activating group) is 2. The molecule has 0 bridgehead atoms. The standard InChI is InChI=1S/C29H28N4O3S2/c1-31-23-12-5-3-10-21(23)20(18-26(31)29-30-22-11-4-6-13-24(22)32(29)2)19-28-33(16-9-17-38(34,35)36)25-14-7-8-15-27(25)37-28/h3-8,10-15,18-19,29-30H,9,16-17H2,1-2H3/p+1. The van der Waals surface area contributed by atoms with Crippen molar-refractivity contribution in [2.45, 2.75) is 19.1 Å². The summed E-state index contributed by atoms with van der Waals surface area (Å²) in [6, 6.07) is 24.9. The molecular weight excluding hydrogens is 516 g/mol. The van der Waals surface area contributed by atoms with Gasteiger partial charge < -0.3 is 15.1 Å². The molecule has 3 aromatic carbocycles. The van der Waals surface area contributed by atoms with E-state index in [9.17, 15) is 13.0 Å². The van der Waals surface area contributed by atoms with Gasteiger partial charge in [0.15, 0.2) is 6.54 Å². The minimum absolute atomic E-state index is 0.0292. The fourth-order valence-corrected chi connectivity index (χ4v) is 6.99. The topological polar surface area (TPSA) is 76.8 Å². The minimum atomic E-state index is -4.01. The van der Waals surface area contributed by atoms with E-state index in [2.05, 4.69) is 101 Å². The molecule has 2 N–H and O–H groups in total. The smallest absolute Gasteiger partial charge is 0.265 e. The first-order chi connectivity index (χ1) is 18.3. The van der Waals surface area contributed by atoms with Crippen LogP contribution in [0.4, 0.5) is 17.1 Å². The fraction of sp³-hybridized carbons (Fsp3) is 0.207. The molecule has 1 atom stereocenters. The summed E-state index contributed by atoms with van der Waals surface area (Å²) in [5, 5.41) is 4.71. The van der Waals surface area contributed by atoms with Gasteiger partial charge in [0.05, 0.1) is 22.8 Å². The SMILES string of the molecule is CN1C(C2Nc3ccccc3N2C)=C/C(=C\c2sc3ccccc3[n+]2CCCS(=O)(=O)O)c2ccccc21. The summed E-state index contributed by atoms with van der Waals surface area (Å²) in [6.07, 6.45) is 4.75. The van der Waals surface area contributed by atoms with Crippen molar-refractivity contribution in [3.05, 3.63) is 95.1 Å². The summed E-state index contributed by atoms with van der Waals surface area (Å²) < 4.78 is 35.3. The third-order valence-electron chi connectivity index (χ3n) is 7.21. The van der Waals surface area contributed by atoms with Crippen molar-refractivity contribution >= 4 is 60.4 Å². The molecule has 1 unspecified atom stereocenters. The van der Waals surface area contributed by atoms with Crippen molar-refractivity contribution in [3.63, 3.8) is 0 Å². The Labute approximate surface area is 226 Å². The van der Waals surface area contributed by atoms with Crippen LogP contribution >= 0.6 is 11.3 Å². The van der Waals surface area contributed by atoms with Gasteiger partial charge in [-0.05, 0) is 35.9 Å². The average molecular weight is 546 g/mol. The molecule has 0 spiro atoms. The van der Waals surface area contributed by atoms with E-state index in [0.29, 0.717) is 13.0 Å². The molecular formula is C29H29N4O3S2+. The molecule has 2 aliphatic heterocycles. The monoisotopic (exact) mass is 545 g/mol. The van der Waals surface area contributed by atoms with Gasteiger partial charge in [0.1, 0.15) is 10.9 Å². The van der Waals surface area contributed by atoms with Crippen LogP contribution < -0.4 is 19.7 Å². The highest BCUT2D eigenvalue weighted by Gasteiger charge is 2.33. The number of para-hydroxylation sites is 4. The average Bonchev–Trinajstić information content (AvgIpc) is 3.42. The zero-order chi connectivity index (χ0) is 26.4. The van der Waals surface area contributed by atoms with Crippen LogP contribution in [0, 0.1) is 0 Å². The Morgan fingerprint density at radius 3 is 2.50 bits per heavy atom. The molecule has 3 heterocycles. The first kappa shape index (κ1) is 24.7. The van der Waals surface area contributed by atoms with E-state index in [1.54, 1.807) is 11.3 Å². The summed E-state index contributed by atoms with van der Waals surface area (Å²) in [5.74, 6) is -0.266. The predicted octanol–water partition coefficient (Wildman–Crippen LogP) is 5.23. The van der Waals surface area contributed by atoms with Gasteiger partial charge in [0.25, 0.3) is 15.1 Å². The lowest BCUT2D eigenvalue weighted by atomic mass is 9.96. The van der Waals surface area contributed by atoms with Crippen molar-refractivity contribution in [1.82, 2.24) is 0 Å². The molecule has 1 aromatic heterocycles. The molecule has 7 nitrogen and oxygen atoms in total. The van der Waals surface area contributed by atoms with Crippen molar-refractivity contribution < 1.29 is 17.5 Å². The lowest BCUT2D eigenvalue weighted by Gasteiger charge is -2.36. The molecule has 0 radical (unpaired) electrons. The molecule has 9 heteroatoms. The Bertz CT molecular complexity index is 1710. The Hall–Kier alpha value is -3.66. The van der Waals surface area contributed by atoms with Gasteiger partial charge in [-0.1, -0.05) is 53.8 Å². The van der Waals surface area contributed by atoms with Crippen molar-refractivity contribution in [1.29, 1.82) is 0 Å². The fourth-order valence-electron chi connectivity index (χ4n) is 5.35. The largest absolute Gasteiger partial charge is 0.359 e. The van der Waals surface area contributed by atoms with Crippen LogP contribution in [-0.4, -0.2) is 39.0 Å². The zero-order valence-corrected chi connectivity index (χ0v) is 22.8. The van der Waals surface area contributed by atoms with E-state index in [4.69, 9.17) is 0 Å². The van der Waals surface area contributed by atoms with Crippen molar-refractivity contribution in [2.24, 2.45) is 0 Å². The van der Waals surface area contributed by atoms with Crippen molar-refractivity contribution in [3.8, 4) is 0 Å². The molecule has 4 aromatic rings. The highest BCUT2D eigenvalue weighted by Crippen LogP contribution is 2.42. The van der Waals surface area contributed by atoms with Crippen molar-refractivity contribution in [2.75, 3.05) is 35.0 Å². The van der Waals surface area contributed by atoms with Crippen LogP contribution in [0.5, 0.6) is 0 Å². The van der Waals surface area contributed by atoms with E-state index in [1.165, 1.54) is 0 Å². The number of anilines is 3. The number of nitrogens with zero attached hydrogens (tertiary/aromatic N) is 3. The predicted molar refractivity (Wildman–Crippen MR) is 156 cm³/mol. The summed E-state index contributed by atoms with van der Waals surface area (Å²) in [6.45, 7) is 0.489.